The van der Waals surface area contributed by atoms with Crippen LogP contribution in [0.25, 0.3) is 5.65 Å². The van der Waals surface area contributed by atoms with Crippen molar-refractivity contribution < 1.29 is 9.90 Å². The van der Waals surface area contributed by atoms with Gasteiger partial charge in [-0.3, -0.25) is 18.9 Å². The summed E-state index contributed by atoms with van der Waals surface area (Å²) in [4.78, 5) is 29.2. The van der Waals surface area contributed by atoms with E-state index in [-0.39, 0.29) is 18.1 Å². The van der Waals surface area contributed by atoms with E-state index in [1.165, 1.54) is 10.5 Å². The molecule has 0 aliphatic heterocycles. The summed E-state index contributed by atoms with van der Waals surface area (Å²) in [6.07, 6.45) is 1.70. The van der Waals surface area contributed by atoms with Gasteiger partial charge in [0.25, 0.3) is 5.56 Å². The fourth-order valence-electron chi connectivity index (χ4n) is 2.14. The highest BCUT2D eigenvalue weighted by atomic mass is 16.4. The van der Waals surface area contributed by atoms with Gasteiger partial charge in [0.2, 0.25) is 0 Å². The number of hydrogen-bond donors (Lipinski definition) is 1. The van der Waals surface area contributed by atoms with E-state index in [9.17, 15) is 9.59 Å². The van der Waals surface area contributed by atoms with E-state index in [1.54, 1.807) is 11.1 Å². The maximum atomic E-state index is 12.1. The highest BCUT2D eigenvalue weighted by molar-refractivity contribution is 5.69. The molecule has 2 heterocycles. The molecule has 0 radical (unpaired) electrons. The van der Waals surface area contributed by atoms with Crippen molar-refractivity contribution in [3.8, 4) is 0 Å². The normalized spacial score (nSPS) is 11.5. The van der Waals surface area contributed by atoms with Crippen LogP contribution in [0.3, 0.4) is 0 Å². The Labute approximate surface area is 122 Å². The number of fused-ring (bicyclic) bond motifs is 1. The van der Waals surface area contributed by atoms with E-state index >= 15 is 0 Å². The molecule has 6 nitrogen and oxygen atoms in total. The van der Waals surface area contributed by atoms with Crippen LogP contribution in [0.1, 0.15) is 25.1 Å². The molecule has 2 rings (SSSR count). The lowest BCUT2D eigenvalue weighted by Crippen LogP contribution is -2.35. The van der Waals surface area contributed by atoms with E-state index in [0.29, 0.717) is 17.9 Å². The molecular formula is C15H19N3O3. The van der Waals surface area contributed by atoms with E-state index in [1.807, 2.05) is 32.9 Å². The highest BCUT2D eigenvalue weighted by Crippen LogP contribution is 2.07. The van der Waals surface area contributed by atoms with Gasteiger partial charge in [0, 0.05) is 24.8 Å². The third-order valence-electron chi connectivity index (χ3n) is 3.31. The van der Waals surface area contributed by atoms with Crippen LogP contribution < -0.4 is 5.56 Å². The van der Waals surface area contributed by atoms with Gasteiger partial charge >= 0.3 is 5.97 Å². The van der Waals surface area contributed by atoms with Gasteiger partial charge in [-0.25, -0.2) is 4.98 Å². The molecule has 0 aliphatic carbocycles. The molecule has 2 aromatic heterocycles. The van der Waals surface area contributed by atoms with Crippen molar-refractivity contribution in [1.29, 1.82) is 0 Å². The van der Waals surface area contributed by atoms with Gasteiger partial charge in [0.05, 0.1) is 12.2 Å². The van der Waals surface area contributed by atoms with Crippen LogP contribution in [0.15, 0.2) is 29.2 Å². The standard InChI is InChI=1S/C15H19N3O3/c1-10(2)17(9-15(20)21)8-12-7-14(19)18-5-4-11(3)6-13(18)16-12/h4-7,10H,8-9H2,1-3H3,(H,20,21). The first-order valence-corrected chi connectivity index (χ1v) is 6.81. The molecule has 2 aromatic rings. The van der Waals surface area contributed by atoms with Crippen LogP contribution in [0.2, 0.25) is 0 Å². The minimum atomic E-state index is -0.892. The molecule has 0 bridgehead atoms. The van der Waals surface area contributed by atoms with Gasteiger partial charge in [0.15, 0.2) is 0 Å². The number of pyridine rings is 1. The first kappa shape index (κ1) is 15.2. The molecule has 0 saturated carbocycles. The minimum absolute atomic E-state index is 0.0545. The molecule has 0 fully saturated rings. The van der Waals surface area contributed by atoms with Crippen LogP contribution >= 0.6 is 0 Å². The summed E-state index contributed by atoms with van der Waals surface area (Å²) in [5.41, 5.74) is 2.02. The van der Waals surface area contributed by atoms with E-state index in [4.69, 9.17) is 5.11 Å². The lowest BCUT2D eigenvalue weighted by Gasteiger charge is -2.24. The maximum Gasteiger partial charge on any atom is 0.317 e. The molecule has 1 N–H and O–H groups in total. The molecule has 0 unspecified atom stereocenters. The molecule has 0 spiro atoms. The second kappa shape index (κ2) is 6.05. The van der Waals surface area contributed by atoms with Crippen molar-refractivity contribution in [3.63, 3.8) is 0 Å². The Morgan fingerprint density at radius 2 is 2.14 bits per heavy atom. The number of carboxylic acids is 1. The second-order valence-electron chi connectivity index (χ2n) is 5.41. The molecule has 21 heavy (non-hydrogen) atoms. The quantitative estimate of drug-likeness (QED) is 0.898. The van der Waals surface area contributed by atoms with Crippen LogP contribution in [0.4, 0.5) is 0 Å². The minimum Gasteiger partial charge on any atom is -0.480 e. The third-order valence-corrected chi connectivity index (χ3v) is 3.31. The summed E-state index contributed by atoms with van der Waals surface area (Å²) in [5, 5.41) is 8.95. The summed E-state index contributed by atoms with van der Waals surface area (Å²) in [6, 6.07) is 5.20. The first-order chi connectivity index (χ1) is 9.86. The smallest absolute Gasteiger partial charge is 0.317 e. The zero-order valence-corrected chi connectivity index (χ0v) is 12.4. The maximum absolute atomic E-state index is 12.1. The van der Waals surface area contributed by atoms with Gasteiger partial charge in [-0.15, -0.1) is 0 Å². The molecule has 0 saturated heterocycles. The number of aliphatic carboxylic acids is 1. The molecule has 0 aliphatic rings. The lowest BCUT2D eigenvalue weighted by molar-refractivity contribution is -0.138. The van der Waals surface area contributed by atoms with Crippen molar-refractivity contribution in [2.75, 3.05) is 6.54 Å². The summed E-state index contributed by atoms with van der Waals surface area (Å²) in [5.74, 6) is -0.892. The highest BCUT2D eigenvalue weighted by Gasteiger charge is 2.15. The number of nitrogens with zero attached hydrogens (tertiary/aromatic N) is 3. The molecule has 0 atom stereocenters. The zero-order chi connectivity index (χ0) is 15.6. The Morgan fingerprint density at radius 1 is 1.43 bits per heavy atom. The molecular weight excluding hydrogens is 270 g/mol. The van der Waals surface area contributed by atoms with Crippen LogP contribution in [0, 0.1) is 6.92 Å². The zero-order valence-electron chi connectivity index (χ0n) is 12.4. The second-order valence-corrected chi connectivity index (χ2v) is 5.41. The fraction of sp³-hybridized carbons (Fsp3) is 0.400. The first-order valence-electron chi connectivity index (χ1n) is 6.81. The topological polar surface area (TPSA) is 74.9 Å². The summed E-state index contributed by atoms with van der Waals surface area (Å²) >= 11 is 0. The van der Waals surface area contributed by atoms with Gasteiger partial charge < -0.3 is 5.11 Å². The third kappa shape index (κ3) is 3.66. The summed E-state index contributed by atoms with van der Waals surface area (Å²) in [7, 11) is 0. The molecule has 0 aromatic carbocycles. The van der Waals surface area contributed by atoms with Gasteiger partial charge in [-0.1, -0.05) is 0 Å². The number of carboxylic acid groups (broad SMARTS) is 1. The fourth-order valence-corrected chi connectivity index (χ4v) is 2.14. The summed E-state index contributed by atoms with van der Waals surface area (Å²) in [6.45, 7) is 6.03. The van der Waals surface area contributed by atoms with E-state index in [0.717, 1.165) is 5.56 Å². The van der Waals surface area contributed by atoms with E-state index in [2.05, 4.69) is 4.98 Å². The van der Waals surface area contributed by atoms with Crippen molar-refractivity contribution in [2.45, 2.75) is 33.4 Å². The van der Waals surface area contributed by atoms with Crippen molar-refractivity contribution in [2.24, 2.45) is 0 Å². The number of aromatic nitrogens is 2. The van der Waals surface area contributed by atoms with Crippen LogP contribution in [-0.4, -0.2) is 37.9 Å². The van der Waals surface area contributed by atoms with Gasteiger partial charge in [0.1, 0.15) is 5.65 Å². The molecule has 6 heteroatoms. The lowest BCUT2D eigenvalue weighted by atomic mass is 10.2. The predicted octanol–water partition coefficient (Wildman–Crippen LogP) is 1.30. The van der Waals surface area contributed by atoms with Crippen LogP contribution in [0.5, 0.6) is 0 Å². The van der Waals surface area contributed by atoms with Crippen molar-refractivity contribution in [3.05, 3.63) is 46.0 Å². The Kier molecular flexibility index (Phi) is 4.37. The van der Waals surface area contributed by atoms with Crippen molar-refractivity contribution >= 4 is 11.6 Å². The van der Waals surface area contributed by atoms with E-state index < -0.39 is 5.97 Å². The number of rotatable bonds is 5. The number of carbonyl (C=O) groups is 1. The van der Waals surface area contributed by atoms with Gasteiger partial charge in [-0.05, 0) is 38.5 Å². The van der Waals surface area contributed by atoms with Crippen molar-refractivity contribution in [1.82, 2.24) is 14.3 Å². The SMILES string of the molecule is Cc1ccn2c(=O)cc(CN(CC(=O)O)C(C)C)nc2c1. The molecule has 0 amide bonds. The number of aryl methyl sites for hydroxylation is 1. The average Bonchev–Trinajstić information content (AvgIpc) is 2.36. The summed E-state index contributed by atoms with van der Waals surface area (Å²) < 4.78 is 1.48. The number of hydrogen-bond acceptors (Lipinski definition) is 4. The monoisotopic (exact) mass is 289 g/mol. The molecule has 112 valence electrons. The largest absolute Gasteiger partial charge is 0.480 e. The Bertz CT molecular complexity index is 722. The van der Waals surface area contributed by atoms with Gasteiger partial charge in [-0.2, -0.15) is 0 Å². The average molecular weight is 289 g/mol. The Morgan fingerprint density at radius 3 is 2.76 bits per heavy atom. The van der Waals surface area contributed by atoms with Crippen LogP contribution in [-0.2, 0) is 11.3 Å². The Balaban J connectivity index is 2.37. The Hall–Kier alpha value is -2.21. The predicted molar refractivity (Wildman–Crippen MR) is 79.4 cm³/mol.